The molecule has 87 valence electrons. The molecular weight excluding hydrogens is 220 g/mol. The van der Waals surface area contributed by atoms with Crippen molar-refractivity contribution >= 4 is 36.7 Å². The van der Waals surface area contributed by atoms with Gasteiger partial charge in [0.1, 0.15) is 0 Å². The third-order valence-electron chi connectivity index (χ3n) is 2.19. The Morgan fingerprint density at radius 2 is 1.47 bits per heavy atom. The lowest BCUT2D eigenvalue weighted by atomic mass is 9.79. The summed E-state index contributed by atoms with van der Waals surface area (Å²) < 4.78 is 0. The molecule has 7 heteroatoms. The fourth-order valence-corrected chi connectivity index (χ4v) is 1.44. The largest absolute Gasteiger partial charge is 0.488 e. The number of fused-ring (bicyclic) bond motifs is 1. The monoisotopic (exact) mass is 232 g/mol. The van der Waals surface area contributed by atoms with Crippen molar-refractivity contribution in [2.24, 2.45) is 0 Å². The van der Waals surface area contributed by atoms with Crippen LogP contribution < -0.4 is 11.2 Å². The van der Waals surface area contributed by atoms with Gasteiger partial charge in [-0.25, -0.2) is 0 Å². The Balaban J connectivity index is 0.000000437. The standard InChI is InChI=1S/C10H10BNO2.BH2O2/c12-10-4-2-7-5-9(11(13)14)3-1-8(7)6-10;2-1-3/h1-6,13-14H,12H2;2-3H. The molecule has 0 fully saturated rings. The lowest BCUT2D eigenvalue weighted by molar-refractivity contribution is 0.426. The van der Waals surface area contributed by atoms with Crippen LogP contribution in [0.1, 0.15) is 0 Å². The third kappa shape index (κ3) is 3.76. The van der Waals surface area contributed by atoms with Crippen molar-refractivity contribution in [1.82, 2.24) is 0 Å². The Bertz CT molecular complexity index is 493. The predicted octanol–water partition coefficient (Wildman–Crippen LogP) is -1.39. The molecule has 0 saturated heterocycles. The van der Waals surface area contributed by atoms with Gasteiger partial charge in [0.25, 0.3) is 0 Å². The molecule has 0 aliphatic rings. The molecule has 0 aromatic heterocycles. The summed E-state index contributed by atoms with van der Waals surface area (Å²) in [6.45, 7) is 0. The average molecular weight is 232 g/mol. The summed E-state index contributed by atoms with van der Waals surface area (Å²) in [6.07, 6.45) is 0. The van der Waals surface area contributed by atoms with Crippen LogP contribution in [0.15, 0.2) is 36.4 Å². The fourth-order valence-electron chi connectivity index (χ4n) is 1.44. The maximum atomic E-state index is 8.97. The average Bonchev–Trinajstić information content (AvgIpc) is 2.29. The van der Waals surface area contributed by atoms with Crippen molar-refractivity contribution in [2.45, 2.75) is 0 Å². The molecule has 0 amide bonds. The molecule has 17 heavy (non-hydrogen) atoms. The minimum atomic E-state index is -1.42. The SMILES string of the molecule is Nc1ccc2cc(B(O)O)ccc2c1.O[B]O. The van der Waals surface area contributed by atoms with E-state index in [0.717, 1.165) is 10.8 Å². The van der Waals surface area contributed by atoms with Crippen LogP contribution in [-0.2, 0) is 0 Å². The maximum Gasteiger partial charge on any atom is 0.488 e. The summed E-state index contributed by atoms with van der Waals surface area (Å²) >= 11 is 0. The Hall–Kier alpha value is -1.53. The third-order valence-corrected chi connectivity index (χ3v) is 2.19. The van der Waals surface area contributed by atoms with E-state index in [1.807, 2.05) is 18.2 Å². The fraction of sp³-hybridized carbons (Fsp3) is 0. The first-order chi connectivity index (χ1) is 8.08. The zero-order valence-corrected chi connectivity index (χ0v) is 8.99. The van der Waals surface area contributed by atoms with Crippen LogP contribution >= 0.6 is 0 Å². The molecule has 0 aliphatic heterocycles. The molecule has 0 unspecified atom stereocenters. The van der Waals surface area contributed by atoms with E-state index in [2.05, 4.69) is 0 Å². The molecule has 2 rings (SSSR count). The summed E-state index contributed by atoms with van der Waals surface area (Å²) in [4.78, 5) is 0. The first-order valence-corrected chi connectivity index (χ1v) is 4.84. The highest BCUT2D eigenvalue weighted by Gasteiger charge is 2.10. The first kappa shape index (κ1) is 13.5. The molecule has 2 aromatic rings. The zero-order valence-electron chi connectivity index (χ0n) is 8.99. The second kappa shape index (κ2) is 6.27. The molecule has 0 heterocycles. The summed E-state index contributed by atoms with van der Waals surface area (Å²) in [5.41, 5.74) is 6.81. The van der Waals surface area contributed by atoms with Gasteiger partial charge in [0.2, 0.25) is 0 Å². The smallest absolute Gasteiger partial charge is 0.429 e. The molecule has 5 nitrogen and oxygen atoms in total. The Morgan fingerprint density at radius 1 is 0.941 bits per heavy atom. The number of benzene rings is 2. The van der Waals surface area contributed by atoms with Gasteiger partial charge in [0, 0.05) is 5.69 Å². The van der Waals surface area contributed by atoms with Gasteiger partial charge in [-0.3, -0.25) is 0 Å². The van der Waals surface area contributed by atoms with Crippen molar-refractivity contribution < 1.29 is 20.1 Å². The Morgan fingerprint density at radius 3 is 2.06 bits per heavy atom. The molecule has 0 saturated carbocycles. The summed E-state index contributed by atoms with van der Waals surface area (Å²) in [6, 6.07) is 10.7. The molecule has 1 radical (unpaired) electrons. The molecular formula is C10H12B2NO4. The molecule has 0 spiro atoms. The van der Waals surface area contributed by atoms with Gasteiger partial charge in [-0.05, 0) is 28.4 Å². The highest BCUT2D eigenvalue weighted by molar-refractivity contribution is 6.58. The molecule has 0 aliphatic carbocycles. The van der Waals surface area contributed by atoms with Gasteiger partial charge in [0.05, 0.1) is 0 Å². The quantitative estimate of drug-likeness (QED) is 0.307. The second-order valence-electron chi connectivity index (χ2n) is 3.36. The van der Waals surface area contributed by atoms with Gasteiger partial charge >= 0.3 is 14.8 Å². The van der Waals surface area contributed by atoms with Crippen molar-refractivity contribution in [3.05, 3.63) is 36.4 Å². The van der Waals surface area contributed by atoms with E-state index in [0.29, 0.717) is 11.2 Å². The van der Waals surface area contributed by atoms with Crippen LogP contribution in [0.5, 0.6) is 0 Å². The van der Waals surface area contributed by atoms with Gasteiger partial charge in [-0.2, -0.15) is 0 Å². The van der Waals surface area contributed by atoms with Gasteiger partial charge < -0.3 is 25.8 Å². The summed E-state index contributed by atoms with van der Waals surface area (Å²) in [5, 5.41) is 33.9. The van der Waals surface area contributed by atoms with Crippen molar-refractivity contribution in [3.63, 3.8) is 0 Å². The number of anilines is 1. The molecule has 2 aromatic carbocycles. The van der Waals surface area contributed by atoms with Gasteiger partial charge in [-0.1, -0.05) is 24.3 Å². The number of rotatable bonds is 1. The van der Waals surface area contributed by atoms with E-state index in [1.165, 1.54) is 0 Å². The minimum absolute atomic E-state index is 0. The number of hydrogen-bond acceptors (Lipinski definition) is 5. The van der Waals surface area contributed by atoms with Crippen LogP contribution in [-0.4, -0.2) is 34.9 Å². The van der Waals surface area contributed by atoms with Crippen LogP contribution in [0, 0.1) is 0 Å². The summed E-state index contributed by atoms with van der Waals surface area (Å²) in [5.74, 6) is 0. The predicted molar refractivity (Wildman–Crippen MR) is 68.4 cm³/mol. The van der Waals surface area contributed by atoms with E-state index in [1.54, 1.807) is 18.2 Å². The van der Waals surface area contributed by atoms with E-state index in [-0.39, 0.29) is 7.69 Å². The van der Waals surface area contributed by atoms with E-state index in [4.69, 9.17) is 25.8 Å². The van der Waals surface area contributed by atoms with Crippen molar-refractivity contribution in [2.75, 3.05) is 5.73 Å². The molecule has 0 bridgehead atoms. The zero-order chi connectivity index (χ0) is 12.8. The summed E-state index contributed by atoms with van der Waals surface area (Å²) in [7, 11) is -1.42. The number of nitrogen functional groups attached to an aromatic ring is 1. The lowest BCUT2D eigenvalue weighted by Crippen LogP contribution is -2.29. The highest BCUT2D eigenvalue weighted by Crippen LogP contribution is 2.15. The van der Waals surface area contributed by atoms with E-state index < -0.39 is 7.12 Å². The first-order valence-electron chi connectivity index (χ1n) is 4.84. The maximum absolute atomic E-state index is 8.97. The van der Waals surface area contributed by atoms with E-state index >= 15 is 0 Å². The number of nitrogens with two attached hydrogens (primary N) is 1. The normalized spacial score (nSPS) is 9.41. The lowest BCUT2D eigenvalue weighted by Gasteiger charge is -2.03. The van der Waals surface area contributed by atoms with Crippen molar-refractivity contribution in [1.29, 1.82) is 0 Å². The van der Waals surface area contributed by atoms with Crippen molar-refractivity contribution in [3.8, 4) is 0 Å². The second-order valence-corrected chi connectivity index (χ2v) is 3.36. The molecule has 0 atom stereocenters. The Kier molecular flexibility index (Phi) is 4.99. The van der Waals surface area contributed by atoms with Crippen LogP contribution in [0.4, 0.5) is 5.69 Å². The van der Waals surface area contributed by atoms with E-state index in [9.17, 15) is 0 Å². The van der Waals surface area contributed by atoms with Gasteiger partial charge in [-0.15, -0.1) is 0 Å². The highest BCUT2D eigenvalue weighted by atomic mass is 16.4. The number of hydrogen-bond donors (Lipinski definition) is 5. The Labute approximate surface area is 99.6 Å². The topological polar surface area (TPSA) is 107 Å². The van der Waals surface area contributed by atoms with Crippen LogP contribution in [0.3, 0.4) is 0 Å². The van der Waals surface area contributed by atoms with Crippen LogP contribution in [0.25, 0.3) is 10.8 Å². The van der Waals surface area contributed by atoms with Crippen LogP contribution in [0.2, 0.25) is 0 Å². The van der Waals surface area contributed by atoms with Gasteiger partial charge in [0.15, 0.2) is 0 Å². The minimum Gasteiger partial charge on any atom is -0.429 e. The molecule has 6 N–H and O–H groups in total.